The second kappa shape index (κ2) is 5.27. The van der Waals surface area contributed by atoms with E-state index in [0.717, 1.165) is 37.6 Å². The first-order valence-electron chi connectivity index (χ1n) is 6.24. The molecule has 1 saturated heterocycles. The van der Waals surface area contributed by atoms with Crippen molar-refractivity contribution in [3.8, 4) is 11.3 Å². The molecule has 2 heterocycles. The second-order valence-corrected chi connectivity index (χ2v) is 4.38. The third-order valence-electron chi connectivity index (χ3n) is 3.14. The highest BCUT2D eigenvalue weighted by atomic mass is 19.1. The van der Waals surface area contributed by atoms with Gasteiger partial charge in [-0.15, -0.1) is 10.2 Å². The van der Waals surface area contributed by atoms with Gasteiger partial charge in [0, 0.05) is 31.7 Å². The molecule has 0 amide bonds. The molecule has 2 aromatic rings. The third kappa shape index (κ3) is 2.53. The minimum absolute atomic E-state index is 0.260. The van der Waals surface area contributed by atoms with Crippen molar-refractivity contribution in [2.75, 3.05) is 31.1 Å². The normalized spacial score (nSPS) is 15.5. The average Bonchev–Trinajstić information content (AvgIpc) is 2.49. The van der Waals surface area contributed by atoms with E-state index in [1.54, 1.807) is 12.1 Å². The van der Waals surface area contributed by atoms with Crippen molar-refractivity contribution in [1.82, 2.24) is 20.5 Å². The van der Waals surface area contributed by atoms with Gasteiger partial charge in [0.1, 0.15) is 17.8 Å². The molecule has 1 aliphatic rings. The van der Waals surface area contributed by atoms with Crippen LogP contribution in [0.5, 0.6) is 0 Å². The molecule has 0 saturated carbocycles. The summed E-state index contributed by atoms with van der Waals surface area (Å²) >= 11 is 0. The lowest BCUT2D eigenvalue weighted by molar-refractivity contribution is 0.583. The van der Waals surface area contributed by atoms with Crippen LogP contribution in [0.4, 0.5) is 10.2 Å². The van der Waals surface area contributed by atoms with Crippen molar-refractivity contribution in [2.24, 2.45) is 0 Å². The van der Waals surface area contributed by atoms with Crippen molar-refractivity contribution in [3.63, 3.8) is 0 Å². The molecule has 1 aromatic carbocycles. The first-order chi connectivity index (χ1) is 9.34. The molecular formula is C13H14FN5. The first-order valence-corrected chi connectivity index (χ1v) is 6.24. The van der Waals surface area contributed by atoms with Gasteiger partial charge in [-0.05, 0) is 24.3 Å². The van der Waals surface area contributed by atoms with E-state index < -0.39 is 0 Å². The van der Waals surface area contributed by atoms with Gasteiger partial charge in [-0.2, -0.15) is 0 Å². The zero-order valence-corrected chi connectivity index (χ0v) is 10.4. The van der Waals surface area contributed by atoms with Crippen LogP contribution in [0.3, 0.4) is 0 Å². The van der Waals surface area contributed by atoms with Gasteiger partial charge in [0.15, 0.2) is 5.82 Å². The number of halogens is 1. The highest BCUT2D eigenvalue weighted by molar-refractivity contribution is 5.71. The third-order valence-corrected chi connectivity index (χ3v) is 3.14. The summed E-state index contributed by atoms with van der Waals surface area (Å²) in [7, 11) is 0. The fourth-order valence-electron chi connectivity index (χ4n) is 2.17. The molecular weight excluding hydrogens is 245 g/mol. The van der Waals surface area contributed by atoms with Gasteiger partial charge in [0.2, 0.25) is 0 Å². The van der Waals surface area contributed by atoms with Gasteiger partial charge < -0.3 is 10.2 Å². The number of piperazine rings is 1. The zero-order valence-electron chi connectivity index (χ0n) is 10.4. The Morgan fingerprint density at radius 1 is 1.11 bits per heavy atom. The smallest absolute Gasteiger partial charge is 0.159 e. The summed E-state index contributed by atoms with van der Waals surface area (Å²) in [6, 6.07) is 6.25. The van der Waals surface area contributed by atoms with E-state index in [2.05, 4.69) is 25.4 Å². The Labute approximate surface area is 110 Å². The average molecular weight is 259 g/mol. The van der Waals surface area contributed by atoms with Crippen LogP contribution in [0.1, 0.15) is 0 Å². The molecule has 6 heteroatoms. The lowest BCUT2D eigenvalue weighted by Gasteiger charge is -2.29. The Kier molecular flexibility index (Phi) is 3.33. The highest BCUT2D eigenvalue weighted by Crippen LogP contribution is 2.26. The molecule has 0 unspecified atom stereocenters. The summed E-state index contributed by atoms with van der Waals surface area (Å²) in [6.45, 7) is 3.61. The number of aromatic nitrogens is 3. The summed E-state index contributed by atoms with van der Waals surface area (Å²) < 4.78 is 13.0. The Bertz CT molecular complexity index is 551. The molecule has 0 aliphatic carbocycles. The molecule has 1 fully saturated rings. The van der Waals surface area contributed by atoms with E-state index in [-0.39, 0.29) is 5.82 Å². The fraction of sp³-hybridized carbons (Fsp3) is 0.308. The van der Waals surface area contributed by atoms with Gasteiger partial charge in [-0.1, -0.05) is 0 Å². The van der Waals surface area contributed by atoms with Crippen LogP contribution in [0.25, 0.3) is 11.3 Å². The molecule has 0 spiro atoms. The molecule has 0 bridgehead atoms. The van der Waals surface area contributed by atoms with Gasteiger partial charge in [0.25, 0.3) is 0 Å². The summed E-state index contributed by atoms with van der Waals surface area (Å²) in [4.78, 5) is 6.50. The van der Waals surface area contributed by atoms with Crippen LogP contribution in [0, 0.1) is 5.82 Å². The Morgan fingerprint density at radius 2 is 1.84 bits per heavy atom. The molecule has 19 heavy (non-hydrogen) atoms. The summed E-state index contributed by atoms with van der Waals surface area (Å²) in [5.41, 5.74) is 1.53. The van der Waals surface area contributed by atoms with E-state index in [0.29, 0.717) is 5.69 Å². The molecule has 3 rings (SSSR count). The number of nitrogens with one attached hydrogen (secondary N) is 1. The topological polar surface area (TPSA) is 53.9 Å². The van der Waals surface area contributed by atoms with Gasteiger partial charge in [0.05, 0.1) is 0 Å². The quantitative estimate of drug-likeness (QED) is 0.875. The number of rotatable bonds is 2. The van der Waals surface area contributed by atoms with Crippen LogP contribution in [-0.2, 0) is 0 Å². The second-order valence-electron chi connectivity index (χ2n) is 4.38. The maximum atomic E-state index is 13.0. The lowest BCUT2D eigenvalue weighted by Crippen LogP contribution is -2.44. The summed E-state index contributed by atoms with van der Waals surface area (Å²) in [5, 5.41) is 11.3. The highest BCUT2D eigenvalue weighted by Gasteiger charge is 2.17. The maximum Gasteiger partial charge on any atom is 0.159 e. The van der Waals surface area contributed by atoms with Crippen molar-refractivity contribution < 1.29 is 4.39 Å². The monoisotopic (exact) mass is 259 g/mol. The van der Waals surface area contributed by atoms with Crippen LogP contribution in [-0.4, -0.2) is 41.4 Å². The van der Waals surface area contributed by atoms with Crippen LogP contribution < -0.4 is 10.2 Å². The van der Waals surface area contributed by atoms with Crippen LogP contribution >= 0.6 is 0 Å². The number of nitrogens with zero attached hydrogens (tertiary/aromatic N) is 4. The SMILES string of the molecule is Fc1ccc(-c2nncnc2N2CCNCC2)cc1. The van der Waals surface area contributed by atoms with Crippen LogP contribution in [0.15, 0.2) is 30.6 Å². The largest absolute Gasteiger partial charge is 0.352 e. The molecule has 1 aromatic heterocycles. The Hall–Kier alpha value is -2.08. The molecule has 5 nitrogen and oxygen atoms in total. The van der Waals surface area contributed by atoms with Gasteiger partial charge in [-0.3, -0.25) is 0 Å². The zero-order chi connectivity index (χ0) is 13.1. The number of benzene rings is 1. The Morgan fingerprint density at radius 3 is 2.58 bits per heavy atom. The predicted molar refractivity (Wildman–Crippen MR) is 70.3 cm³/mol. The Balaban J connectivity index is 1.98. The predicted octanol–water partition coefficient (Wildman–Crippen LogP) is 1.09. The number of anilines is 1. The van der Waals surface area contributed by atoms with Gasteiger partial charge >= 0.3 is 0 Å². The maximum absolute atomic E-state index is 13.0. The summed E-state index contributed by atoms with van der Waals surface area (Å²) in [6.07, 6.45) is 1.45. The standard InChI is InChI=1S/C13H14FN5/c14-11-3-1-10(2-4-11)12-13(16-9-17-18-12)19-7-5-15-6-8-19/h1-4,9,15H,5-8H2. The minimum atomic E-state index is -0.260. The van der Waals surface area contributed by atoms with Crippen LogP contribution in [0.2, 0.25) is 0 Å². The van der Waals surface area contributed by atoms with E-state index in [4.69, 9.17) is 0 Å². The van der Waals surface area contributed by atoms with E-state index in [9.17, 15) is 4.39 Å². The minimum Gasteiger partial charge on any atom is -0.352 e. The fourth-order valence-corrected chi connectivity index (χ4v) is 2.17. The van der Waals surface area contributed by atoms with Crippen molar-refractivity contribution in [3.05, 3.63) is 36.4 Å². The molecule has 98 valence electrons. The van der Waals surface area contributed by atoms with Gasteiger partial charge in [-0.25, -0.2) is 9.37 Å². The molecule has 1 aliphatic heterocycles. The van der Waals surface area contributed by atoms with Crippen molar-refractivity contribution in [1.29, 1.82) is 0 Å². The number of hydrogen-bond acceptors (Lipinski definition) is 5. The summed E-state index contributed by atoms with van der Waals surface area (Å²) in [5.74, 6) is 0.549. The number of hydrogen-bond donors (Lipinski definition) is 1. The van der Waals surface area contributed by atoms with E-state index >= 15 is 0 Å². The lowest BCUT2D eigenvalue weighted by atomic mass is 10.1. The molecule has 1 N–H and O–H groups in total. The molecule has 0 atom stereocenters. The molecule has 0 radical (unpaired) electrons. The van der Waals surface area contributed by atoms with Crippen molar-refractivity contribution in [2.45, 2.75) is 0 Å². The van der Waals surface area contributed by atoms with E-state index in [1.807, 2.05) is 0 Å². The van der Waals surface area contributed by atoms with E-state index in [1.165, 1.54) is 18.5 Å². The van der Waals surface area contributed by atoms with Crippen molar-refractivity contribution >= 4 is 5.82 Å². The first kappa shape index (κ1) is 12.0.